The average molecular weight is 458 g/mol. The summed E-state index contributed by atoms with van der Waals surface area (Å²) in [5.74, 6) is -0.515. The van der Waals surface area contributed by atoms with Crippen molar-refractivity contribution in [3.8, 4) is 5.75 Å². The van der Waals surface area contributed by atoms with Crippen molar-refractivity contribution in [2.45, 2.75) is 19.4 Å². The van der Waals surface area contributed by atoms with Crippen LogP contribution in [0.15, 0.2) is 78.9 Å². The average Bonchev–Trinajstić information content (AvgIpc) is 3.26. The molecule has 3 amide bonds. The van der Waals surface area contributed by atoms with Crippen molar-refractivity contribution in [3.05, 3.63) is 90.0 Å². The Bertz CT molecular complexity index is 1180. The van der Waals surface area contributed by atoms with Crippen molar-refractivity contribution in [3.63, 3.8) is 0 Å². The Morgan fingerprint density at radius 3 is 2.35 bits per heavy atom. The van der Waals surface area contributed by atoms with Gasteiger partial charge in [0.15, 0.2) is 0 Å². The van der Waals surface area contributed by atoms with Crippen molar-refractivity contribution in [2.24, 2.45) is 5.92 Å². The van der Waals surface area contributed by atoms with E-state index in [1.807, 2.05) is 37.3 Å². The van der Waals surface area contributed by atoms with Gasteiger partial charge in [-0.3, -0.25) is 14.4 Å². The minimum atomic E-state index is -0.519. The van der Waals surface area contributed by atoms with Crippen LogP contribution in [0, 0.1) is 5.92 Å². The monoisotopic (exact) mass is 457 g/mol. The lowest BCUT2D eigenvalue weighted by atomic mass is 10.1. The molecule has 1 aliphatic heterocycles. The summed E-state index contributed by atoms with van der Waals surface area (Å²) in [6.45, 7) is 2.18. The number of ether oxygens (including phenoxy) is 1. The van der Waals surface area contributed by atoms with Gasteiger partial charge < -0.3 is 20.3 Å². The van der Waals surface area contributed by atoms with E-state index < -0.39 is 5.92 Å². The highest BCUT2D eigenvalue weighted by molar-refractivity contribution is 6.07. The van der Waals surface area contributed by atoms with Crippen molar-refractivity contribution in [2.75, 3.05) is 23.9 Å². The molecule has 2 N–H and O–H groups in total. The molecule has 1 fully saturated rings. The summed E-state index contributed by atoms with van der Waals surface area (Å²) in [5, 5.41) is 5.84. The number of nitrogens with zero attached hydrogens (tertiary/aromatic N) is 1. The second-order valence-electron chi connectivity index (χ2n) is 8.24. The summed E-state index contributed by atoms with van der Waals surface area (Å²) in [7, 11) is 1.58. The van der Waals surface area contributed by atoms with Crippen LogP contribution in [0.2, 0.25) is 0 Å². The summed E-state index contributed by atoms with van der Waals surface area (Å²) >= 11 is 0. The molecule has 0 radical (unpaired) electrons. The van der Waals surface area contributed by atoms with Gasteiger partial charge in [-0.1, -0.05) is 42.5 Å². The first kappa shape index (κ1) is 23.0. The molecular weight excluding hydrogens is 430 g/mol. The van der Waals surface area contributed by atoms with Gasteiger partial charge in [-0.25, -0.2) is 0 Å². The third kappa shape index (κ3) is 5.09. The fraction of sp³-hybridized carbons (Fsp3) is 0.222. The summed E-state index contributed by atoms with van der Waals surface area (Å²) in [5.41, 5.74) is 2.49. The zero-order valence-corrected chi connectivity index (χ0v) is 19.2. The Kier molecular flexibility index (Phi) is 6.92. The summed E-state index contributed by atoms with van der Waals surface area (Å²) < 4.78 is 5.16. The molecule has 1 aliphatic rings. The van der Waals surface area contributed by atoms with E-state index >= 15 is 0 Å². The number of carbonyl (C=O) groups is 3. The van der Waals surface area contributed by atoms with Gasteiger partial charge in [-0.2, -0.15) is 0 Å². The molecule has 0 saturated carbocycles. The first-order chi connectivity index (χ1) is 16.5. The Morgan fingerprint density at radius 2 is 1.65 bits per heavy atom. The quantitative estimate of drug-likeness (QED) is 0.557. The maximum atomic E-state index is 13.0. The van der Waals surface area contributed by atoms with Crippen LogP contribution in [0.1, 0.15) is 35.3 Å². The SMILES string of the molecule is COc1ccc(N2C[C@@H](C(=O)Nc3ccccc3C(=O)N[C@H](C)c3ccccc3)CC2=O)cc1. The predicted molar refractivity (Wildman–Crippen MR) is 131 cm³/mol. The van der Waals surface area contributed by atoms with Crippen LogP contribution >= 0.6 is 0 Å². The number of rotatable bonds is 7. The van der Waals surface area contributed by atoms with E-state index in [0.717, 1.165) is 11.3 Å². The van der Waals surface area contributed by atoms with Gasteiger partial charge in [0.25, 0.3) is 5.91 Å². The molecule has 3 aromatic carbocycles. The second-order valence-corrected chi connectivity index (χ2v) is 8.24. The first-order valence-electron chi connectivity index (χ1n) is 11.2. The Hall–Kier alpha value is -4.13. The van der Waals surface area contributed by atoms with Crippen LogP contribution in [0.3, 0.4) is 0 Å². The summed E-state index contributed by atoms with van der Waals surface area (Å²) in [6.07, 6.45) is 0.108. The minimum absolute atomic E-state index is 0.108. The van der Waals surface area contributed by atoms with Gasteiger partial charge in [-0.05, 0) is 48.9 Å². The summed E-state index contributed by atoms with van der Waals surface area (Å²) in [6, 6.07) is 23.5. The number of hydrogen-bond donors (Lipinski definition) is 2. The molecule has 0 bridgehead atoms. The van der Waals surface area contributed by atoms with Crippen LogP contribution in [0.5, 0.6) is 5.75 Å². The molecule has 0 aromatic heterocycles. The zero-order chi connectivity index (χ0) is 24.1. The fourth-order valence-electron chi connectivity index (χ4n) is 4.02. The first-order valence-corrected chi connectivity index (χ1v) is 11.2. The molecule has 0 unspecified atom stereocenters. The fourth-order valence-corrected chi connectivity index (χ4v) is 4.02. The van der Waals surface area contributed by atoms with Gasteiger partial charge in [-0.15, -0.1) is 0 Å². The number of benzene rings is 3. The van der Waals surface area contributed by atoms with Crippen molar-refractivity contribution in [1.82, 2.24) is 5.32 Å². The van der Waals surface area contributed by atoms with E-state index in [4.69, 9.17) is 4.74 Å². The van der Waals surface area contributed by atoms with E-state index in [9.17, 15) is 14.4 Å². The highest BCUT2D eigenvalue weighted by atomic mass is 16.5. The van der Waals surface area contributed by atoms with E-state index in [-0.39, 0.29) is 36.7 Å². The van der Waals surface area contributed by atoms with Crippen molar-refractivity contribution >= 4 is 29.1 Å². The van der Waals surface area contributed by atoms with Gasteiger partial charge >= 0.3 is 0 Å². The summed E-state index contributed by atoms with van der Waals surface area (Å²) in [4.78, 5) is 40.2. The minimum Gasteiger partial charge on any atom is -0.497 e. The number of methoxy groups -OCH3 is 1. The zero-order valence-electron chi connectivity index (χ0n) is 19.2. The van der Waals surface area contributed by atoms with Gasteiger partial charge in [0, 0.05) is 18.7 Å². The molecule has 1 saturated heterocycles. The topological polar surface area (TPSA) is 87.7 Å². The molecule has 174 valence electrons. The van der Waals surface area contributed by atoms with E-state index in [0.29, 0.717) is 17.0 Å². The highest BCUT2D eigenvalue weighted by Crippen LogP contribution is 2.28. The van der Waals surface area contributed by atoms with Crippen LogP contribution in [-0.2, 0) is 9.59 Å². The van der Waals surface area contributed by atoms with Crippen LogP contribution in [-0.4, -0.2) is 31.4 Å². The number of para-hydroxylation sites is 1. The molecule has 7 heteroatoms. The van der Waals surface area contributed by atoms with Gasteiger partial charge in [0.2, 0.25) is 11.8 Å². The van der Waals surface area contributed by atoms with Crippen LogP contribution in [0.4, 0.5) is 11.4 Å². The lowest BCUT2D eigenvalue weighted by Crippen LogP contribution is -2.30. The van der Waals surface area contributed by atoms with E-state index in [1.165, 1.54) is 0 Å². The maximum Gasteiger partial charge on any atom is 0.253 e. The number of nitrogens with one attached hydrogen (secondary N) is 2. The number of anilines is 2. The second kappa shape index (κ2) is 10.2. The number of amides is 3. The molecule has 34 heavy (non-hydrogen) atoms. The molecular formula is C27H27N3O4. The molecule has 3 aromatic rings. The predicted octanol–water partition coefficient (Wildman–Crippen LogP) is 4.18. The van der Waals surface area contributed by atoms with Crippen LogP contribution < -0.4 is 20.3 Å². The van der Waals surface area contributed by atoms with E-state index in [1.54, 1.807) is 60.5 Å². The Labute approximate surface area is 198 Å². The largest absolute Gasteiger partial charge is 0.497 e. The Morgan fingerprint density at radius 1 is 0.971 bits per heavy atom. The molecule has 0 aliphatic carbocycles. The third-order valence-corrected chi connectivity index (χ3v) is 5.96. The normalized spacial score (nSPS) is 16.1. The molecule has 1 heterocycles. The number of carbonyl (C=O) groups excluding carboxylic acids is 3. The maximum absolute atomic E-state index is 13.0. The van der Waals surface area contributed by atoms with Crippen molar-refractivity contribution < 1.29 is 19.1 Å². The van der Waals surface area contributed by atoms with Crippen LogP contribution in [0.25, 0.3) is 0 Å². The van der Waals surface area contributed by atoms with Gasteiger partial charge in [0.05, 0.1) is 30.3 Å². The third-order valence-electron chi connectivity index (χ3n) is 5.96. The highest BCUT2D eigenvalue weighted by Gasteiger charge is 2.35. The molecule has 4 rings (SSSR count). The lowest BCUT2D eigenvalue weighted by molar-refractivity contribution is -0.122. The smallest absolute Gasteiger partial charge is 0.253 e. The molecule has 0 spiro atoms. The van der Waals surface area contributed by atoms with Gasteiger partial charge in [0.1, 0.15) is 5.75 Å². The number of hydrogen-bond acceptors (Lipinski definition) is 4. The Balaban J connectivity index is 1.43. The van der Waals surface area contributed by atoms with Crippen molar-refractivity contribution in [1.29, 1.82) is 0 Å². The lowest BCUT2D eigenvalue weighted by Gasteiger charge is -2.18. The molecule has 2 atom stereocenters. The standard InChI is InChI=1S/C27H27N3O4/c1-18(19-8-4-3-5-9-19)28-27(33)23-10-6-7-11-24(23)29-26(32)20-16-25(31)30(17-20)21-12-14-22(34-2)15-13-21/h3-15,18,20H,16-17H2,1-2H3,(H,28,33)(H,29,32)/t18-,20+/m1/s1. The molecule has 7 nitrogen and oxygen atoms in total. The van der Waals surface area contributed by atoms with E-state index in [2.05, 4.69) is 10.6 Å².